The van der Waals surface area contributed by atoms with Crippen LogP contribution in [0.3, 0.4) is 0 Å². The molecule has 3 nitrogen and oxygen atoms in total. The molecule has 0 aliphatic carbocycles. The van der Waals surface area contributed by atoms with Crippen molar-refractivity contribution in [2.75, 3.05) is 6.54 Å². The molecule has 7 heavy (non-hydrogen) atoms. The Morgan fingerprint density at radius 1 is 1.71 bits per heavy atom. The molecule has 0 radical (unpaired) electrons. The molecule has 0 aromatic rings. The van der Waals surface area contributed by atoms with Gasteiger partial charge in [0.1, 0.15) is 0 Å². The van der Waals surface area contributed by atoms with Gasteiger partial charge in [0, 0.05) is 4.92 Å². The molecule has 0 spiro atoms. The van der Waals surface area contributed by atoms with Crippen molar-refractivity contribution in [3.05, 3.63) is 10.1 Å². The lowest BCUT2D eigenvalue weighted by Gasteiger charge is -1.88. The van der Waals surface area contributed by atoms with E-state index in [2.05, 4.69) is 0 Å². The molecule has 0 aromatic heterocycles. The molecule has 0 aromatic carbocycles. The van der Waals surface area contributed by atoms with Crippen molar-refractivity contribution in [1.82, 2.24) is 0 Å². The molecular formula is C2H3Cl2NO2. The normalized spacial score (nSPS) is 9.57. The lowest BCUT2D eigenvalue weighted by molar-refractivity contribution is -0.476. The summed E-state index contributed by atoms with van der Waals surface area (Å²) in [5, 5.41) is 9.45. The van der Waals surface area contributed by atoms with Crippen LogP contribution in [0.25, 0.3) is 0 Å². The third-order valence-corrected chi connectivity index (χ3v) is 0.563. The standard InChI is InChI=1S/C2H3Cl2NO2/c3-2(4)1-5(6)7/h2H,1H2. The molecule has 0 amide bonds. The van der Waals surface area contributed by atoms with Crippen LogP contribution in [0, 0.1) is 10.1 Å². The molecule has 42 valence electrons. The van der Waals surface area contributed by atoms with Gasteiger partial charge < -0.3 is 0 Å². The Morgan fingerprint density at radius 3 is 2.14 bits per heavy atom. The largest absolute Gasteiger partial charge is 0.264 e. The topological polar surface area (TPSA) is 43.1 Å². The summed E-state index contributed by atoms with van der Waals surface area (Å²) in [7, 11) is 0. The number of hydrogen-bond donors (Lipinski definition) is 0. The van der Waals surface area contributed by atoms with Crippen LogP contribution in [0.4, 0.5) is 0 Å². The monoisotopic (exact) mass is 143 g/mol. The number of hydrogen-bond acceptors (Lipinski definition) is 2. The van der Waals surface area contributed by atoms with Gasteiger partial charge in [-0.05, 0) is 0 Å². The average Bonchev–Trinajstić information content (AvgIpc) is 1.27. The predicted molar refractivity (Wildman–Crippen MR) is 27.4 cm³/mol. The Labute approximate surface area is 50.4 Å². The van der Waals surface area contributed by atoms with Crippen molar-refractivity contribution in [3.8, 4) is 0 Å². The van der Waals surface area contributed by atoms with Crippen LogP contribution < -0.4 is 0 Å². The molecule has 5 heteroatoms. The molecular weight excluding hydrogens is 141 g/mol. The Balaban J connectivity index is 3.13. The van der Waals surface area contributed by atoms with Crippen LogP contribution in [0.5, 0.6) is 0 Å². The second kappa shape index (κ2) is 3.04. The molecule has 0 bridgehead atoms. The molecule has 0 saturated carbocycles. The fourth-order valence-electron chi connectivity index (χ4n) is 0.113. The van der Waals surface area contributed by atoms with Gasteiger partial charge in [-0.15, -0.1) is 0 Å². The number of nitro groups is 1. The zero-order chi connectivity index (χ0) is 5.86. The van der Waals surface area contributed by atoms with Gasteiger partial charge in [0.25, 0.3) is 0 Å². The molecule has 0 fully saturated rings. The maximum atomic E-state index is 9.45. The van der Waals surface area contributed by atoms with Gasteiger partial charge >= 0.3 is 0 Å². The van der Waals surface area contributed by atoms with Gasteiger partial charge in [0.05, 0.1) is 0 Å². The van der Waals surface area contributed by atoms with Crippen LogP contribution in [0.1, 0.15) is 0 Å². The summed E-state index contributed by atoms with van der Waals surface area (Å²) < 4.78 is 0. The second-order valence-corrected chi connectivity index (χ2v) is 2.18. The van der Waals surface area contributed by atoms with Gasteiger partial charge in [-0.25, -0.2) is 0 Å². The highest BCUT2D eigenvalue weighted by Crippen LogP contribution is 1.99. The van der Waals surface area contributed by atoms with Crippen molar-refractivity contribution >= 4 is 23.2 Å². The van der Waals surface area contributed by atoms with Crippen LogP contribution in [-0.4, -0.2) is 16.3 Å². The lowest BCUT2D eigenvalue weighted by Crippen LogP contribution is -2.07. The third-order valence-electron chi connectivity index (χ3n) is 0.287. The van der Waals surface area contributed by atoms with Crippen LogP contribution >= 0.6 is 23.2 Å². The van der Waals surface area contributed by atoms with Gasteiger partial charge in [-0.1, -0.05) is 23.2 Å². The maximum absolute atomic E-state index is 9.45. The third kappa shape index (κ3) is 5.98. The molecule has 0 aliphatic heterocycles. The van der Waals surface area contributed by atoms with Crippen molar-refractivity contribution in [2.24, 2.45) is 0 Å². The van der Waals surface area contributed by atoms with Crippen LogP contribution in [-0.2, 0) is 0 Å². The zero-order valence-corrected chi connectivity index (χ0v) is 4.82. The van der Waals surface area contributed by atoms with E-state index in [-0.39, 0.29) is 6.54 Å². The minimum absolute atomic E-state index is 0.386. The Kier molecular flexibility index (Phi) is 3.04. The molecule has 0 aliphatic rings. The molecule has 0 rings (SSSR count). The summed E-state index contributed by atoms with van der Waals surface area (Å²) >= 11 is 9.99. The maximum Gasteiger partial charge on any atom is 0.233 e. The summed E-state index contributed by atoms with van der Waals surface area (Å²) in [6.45, 7) is -0.386. The van der Waals surface area contributed by atoms with Gasteiger partial charge in [-0.3, -0.25) is 10.1 Å². The molecule has 0 saturated heterocycles. The Hall–Kier alpha value is -0.0200. The van der Waals surface area contributed by atoms with Crippen molar-refractivity contribution in [3.63, 3.8) is 0 Å². The van der Waals surface area contributed by atoms with E-state index in [0.29, 0.717) is 0 Å². The minimum atomic E-state index is -0.880. The summed E-state index contributed by atoms with van der Waals surface area (Å²) in [6, 6.07) is 0. The summed E-state index contributed by atoms with van der Waals surface area (Å²) in [5.41, 5.74) is 0. The zero-order valence-electron chi connectivity index (χ0n) is 3.30. The first-order valence-corrected chi connectivity index (χ1v) is 2.40. The highest BCUT2D eigenvalue weighted by atomic mass is 35.5. The van der Waals surface area contributed by atoms with E-state index in [1.165, 1.54) is 0 Å². The second-order valence-electron chi connectivity index (χ2n) is 0.906. The minimum Gasteiger partial charge on any atom is -0.264 e. The quantitative estimate of drug-likeness (QED) is 0.330. The van der Waals surface area contributed by atoms with E-state index >= 15 is 0 Å². The van der Waals surface area contributed by atoms with Crippen LogP contribution in [0.2, 0.25) is 0 Å². The average molecular weight is 144 g/mol. The molecule has 0 atom stereocenters. The lowest BCUT2D eigenvalue weighted by atomic mass is 10.8. The number of nitrogens with zero attached hydrogens (tertiary/aromatic N) is 1. The van der Waals surface area contributed by atoms with E-state index in [1.54, 1.807) is 0 Å². The van der Waals surface area contributed by atoms with Gasteiger partial charge in [0.15, 0.2) is 4.84 Å². The summed E-state index contributed by atoms with van der Waals surface area (Å²) in [4.78, 5) is 8.00. The number of halogens is 2. The summed E-state index contributed by atoms with van der Waals surface area (Å²) in [6.07, 6.45) is 0. The first-order chi connectivity index (χ1) is 3.13. The molecule has 0 heterocycles. The van der Waals surface area contributed by atoms with Crippen molar-refractivity contribution < 1.29 is 4.92 Å². The molecule has 0 N–H and O–H groups in total. The highest BCUT2D eigenvalue weighted by Gasteiger charge is 2.04. The fourth-order valence-corrected chi connectivity index (χ4v) is 0.338. The van der Waals surface area contributed by atoms with Crippen LogP contribution in [0.15, 0.2) is 0 Å². The van der Waals surface area contributed by atoms with Gasteiger partial charge in [-0.2, -0.15) is 0 Å². The SMILES string of the molecule is O=[N+]([O-])CC(Cl)Cl. The molecule has 0 unspecified atom stereocenters. The smallest absolute Gasteiger partial charge is 0.233 e. The van der Waals surface area contributed by atoms with Gasteiger partial charge in [0.2, 0.25) is 6.54 Å². The number of rotatable bonds is 2. The van der Waals surface area contributed by atoms with E-state index in [9.17, 15) is 10.1 Å². The predicted octanol–water partition coefficient (Wildman–Crippen LogP) is 1.07. The van der Waals surface area contributed by atoms with E-state index in [0.717, 1.165) is 0 Å². The van der Waals surface area contributed by atoms with E-state index < -0.39 is 9.76 Å². The number of alkyl halides is 2. The fraction of sp³-hybridized carbons (Fsp3) is 1.00. The first-order valence-electron chi connectivity index (χ1n) is 1.53. The van der Waals surface area contributed by atoms with Crippen molar-refractivity contribution in [1.29, 1.82) is 0 Å². The van der Waals surface area contributed by atoms with Crippen molar-refractivity contribution in [2.45, 2.75) is 4.84 Å². The first kappa shape index (κ1) is 6.98. The summed E-state index contributed by atoms with van der Waals surface area (Å²) in [5.74, 6) is 0. The van der Waals surface area contributed by atoms with E-state index in [1.807, 2.05) is 0 Å². The Bertz CT molecular complexity index is 74.1. The van der Waals surface area contributed by atoms with E-state index in [4.69, 9.17) is 23.2 Å². The highest BCUT2D eigenvalue weighted by molar-refractivity contribution is 6.44. The Morgan fingerprint density at radius 2 is 2.14 bits per heavy atom.